The molecule has 2 rings (SSSR count). The molecule has 0 aromatic heterocycles. The molecule has 114 valence electrons. The maximum absolute atomic E-state index is 12.4. The van der Waals surface area contributed by atoms with E-state index in [2.05, 4.69) is 5.32 Å². The summed E-state index contributed by atoms with van der Waals surface area (Å²) in [5, 5.41) is 13.7. The normalized spacial score (nSPS) is 10.4. The Morgan fingerprint density at radius 2 is 1.73 bits per heavy atom. The Bertz CT molecular complexity index is 772. The minimum absolute atomic E-state index is 0.128. The van der Waals surface area contributed by atoms with Gasteiger partial charge in [-0.2, -0.15) is 0 Å². The molecule has 0 spiro atoms. The van der Waals surface area contributed by atoms with Crippen LogP contribution in [0.25, 0.3) is 0 Å². The molecule has 0 heterocycles. The van der Waals surface area contributed by atoms with Crippen molar-refractivity contribution in [2.75, 3.05) is 5.32 Å². The zero-order valence-corrected chi connectivity index (χ0v) is 13.2. The Balaban J connectivity index is 2.35. The van der Waals surface area contributed by atoms with Gasteiger partial charge in [-0.05, 0) is 49.6 Å². The topological polar surface area (TPSA) is 72.2 Å². The van der Waals surface area contributed by atoms with Crippen LogP contribution in [0.2, 0.25) is 5.02 Å². The number of hydrogen-bond donors (Lipinski definition) is 1. The van der Waals surface area contributed by atoms with Crippen LogP contribution in [0.5, 0.6) is 0 Å². The summed E-state index contributed by atoms with van der Waals surface area (Å²) >= 11 is 5.99. The summed E-state index contributed by atoms with van der Waals surface area (Å²) in [6, 6.07) is 7.66. The van der Waals surface area contributed by atoms with Crippen LogP contribution in [0.4, 0.5) is 11.4 Å². The fraction of sp³-hybridized carbons (Fsp3) is 0.188. The number of carbonyl (C=O) groups is 1. The molecule has 2 aromatic carbocycles. The Labute approximate surface area is 133 Å². The number of nitro benzene ring substituents is 1. The van der Waals surface area contributed by atoms with Crippen LogP contribution in [0, 0.1) is 30.9 Å². The summed E-state index contributed by atoms with van der Waals surface area (Å²) in [4.78, 5) is 22.7. The van der Waals surface area contributed by atoms with Crippen LogP contribution >= 0.6 is 11.6 Å². The number of halogens is 1. The highest BCUT2D eigenvalue weighted by atomic mass is 35.5. The van der Waals surface area contributed by atoms with Crippen LogP contribution in [0.1, 0.15) is 27.0 Å². The molecule has 1 amide bonds. The molecule has 6 heteroatoms. The molecule has 0 aliphatic rings. The third-order valence-electron chi connectivity index (χ3n) is 3.49. The molecule has 0 bridgehead atoms. The maximum atomic E-state index is 12.4. The molecule has 0 atom stereocenters. The largest absolute Gasteiger partial charge is 0.320 e. The number of nitrogens with zero attached hydrogens (tertiary/aromatic N) is 1. The molecule has 0 unspecified atom stereocenters. The predicted octanol–water partition coefficient (Wildman–Crippen LogP) is 4.43. The molecule has 1 N–H and O–H groups in total. The SMILES string of the molecule is Cc1cc(C)c(C(=O)Nc2cc([N+](=O)[O-])ccc2Cl)cc1C. The Morgan fingerprint density at radius 1 is 1.09 bits per heavy atom. The van der Waals surface area contributed by atoms with Crippen LogP contribution in [0.15, 0.2) is 30.3 Å². The molecule has 0 radical (unpaired) electrons. The van der Waals surface area contributed by atoms with Gasteiger partial charge >= 0.3 is 0 Å². The van der Waals surface area contributed by atoms with Gasteiger partial charge in [-0.25, -0.2) is 0 Å². The number of nitrogens with one attached hydrogen (secondary N) is 1. The zero-order chi connectivity index (χ0) is 16.4. The highest BCUT2D eigenvalue weighted by Crippen LogP contribution is 2.27. The Hall–Kier alpha value is -2.40. The van der Waals surface area contributed by atoms with Gasteiger partial charge in [-0.1, -0.05) is 17.7 Å². The van der Waals surface area contributed by atoms with Gasteiger partial charge in [0.05, 0.1) is 15.6 Å². The summed E-state index contributed by atoms with van der Waals surface area (Å²) in [6.07, 6.45) is 0. The highest BCUT2D eigenvalue weighted by Gasteiger charge is 2.15. The highest BCUT2D eigenvalue weighted by molar-refractivity contribution is 6.34. The summed E-state index contributed by atoms with van der Waals surface area (Å²) in [7, 11) is 0. The van der Waals surface area contributed by atoms with E-state index in [4.69, 9.17) is 11.6 Å². The third-order valence-corrected chi connectivity index (χ3v) is 3.82. The van der Waals surface area contributed by atoms with E-state index >= 15 is 0 Å². The standard InChI is InChI=1S/C16H15ClN2O3/c1-9-6-11(3)13(7-10(9)2)16(20)18-15-8-12(19(21)22)4-5-14(15)17/h4-8H,1-3H3,(H,18,20). The molecule has 5 nitrogen and oxygen atoms in total. The van der Waals surface area contributed by atoms with E-state index in [0.29, 0.717) is 5.56 Å². The molecule has 0 saturated heterocycles. The smallest absolute Gasteiger partial charge is 0.271 e. The molecule has 0 aliphatic carbocycles. The van der Waals surface area contributed by atoms with Gasteiger partial charge in [0.1, 0.15) is 0 Å². The average Bonchev–Trinajstić information content (AvgIpc) is 2.44. The van der Waals surface area contributed by atoms with Gasteiger partial charge in [0.25, 0.3) is 11.6 Å². The lowest BCUT2D eigenvalue weighted by molar-refractivity contribution is -0.384. The fourth-order valence-corrected chi connectivity index (χ4v) is 2.28. The van der Waals surface area contributed by atoms with E-state index in [1.165, 1.54) is 18.2 Å². The van der Waals surface area contributed by atoms with E-state index in [1.54, 1.807) is 6.07 Å². The predicted molar refractivity (Wildman–Crippen MR) is 86.7 cm³/mol. The first kappa shape index (κ1) is 16.0. The number of aryl methyl sites for hydroxylation is 3. The minimum atomic E-state index is -0.534. The van der Waals surface area contributed by atoms with Gasteiger partial charge in [-0.15, -0.1) is 0 Å². The molecule has 0 aliphatic heterocycles. The lowest BCUT2D eigenvalue weighted by Gasteiger charge is -2.11. The number of amides is 1. The Morgan fingerprint density at radius 3 is 2.36 bits per heavy atom. The van der Waals surface area contributed by atoms with Crippen molar-refractivity contribution in [3.8, 4) is 0 Å². The number of hydrogen-bond acceptors (Lipinski definition) is 3. The van der Waals surface area contributed by atoms with Crippen molar-refractivity contribution in [1.82, 2.24) is 0 Å². The number of carbonyl (C=O) groups excluding carboxylic acids is 1. The number of nitro groups is 1. The van der Waals surface area contributed by atoms with Crippen molar-refractivity contribution < 1.29 is 9.72 Å². The first-order chi connectivity index (χ1) is 10.3. The van der Waals surface area contributed by atoms with Crippen molar-refractivity contribution >= 4 is 28.9 Å². The fourth-order valence-electron chi connectivity index (χ4n) is 2.12. The summed E-state index contributed by atoms with van der Waals surface area (Å²) in [5.41, 5.74) is 3.55. The number of benzene rings is 2. The van der Waals surface area contributed by atoms with Crippen LogP contribution in [-0.2, 0) is 0 Å². The van der Waals surface area contributed by atoms with Crippen LogP contribution in [-0.4, -0.2) is 10.8 Å². The number of rotatable bonds is 3. The maximum Gasteiger partial charge on any atom is 0.271 e. The van der Waals surface area contributed by atoms with Gasteiger partial charge in [0.2, 0.25) is 0 Å². The van der Waals surface area contributed by atoms with E-state index in [1.807, 2.05) is 26.8 Å². The van der Waals surface area contributed by atoms with Crippen molar-refractivity contribution in [2.45, 2.75) is 20.8 Å². The zero-order valence-electron chi connectivity index (χ0n) is 12.4. The lowest BCUT2D eigenvalue weighted by Crippen LogP contribution is -2.14. The average molecular weight is 319 g/mol. The molecule has 2 aromatic rings. The van der Waals surface area contributed by atoms with Crippen molar-refractivity contribution in [3.05, 3.63) is 67.7 Å². The van der Waals surface area contributed by atoms with Gasteiger partial charge < -0.3 is 5.32 Å². The molecular weight excluding hydrogens is 304 g/mol. The van der Waals surface area contributed by atoms with E-state index in [0.717, 1.165) is 16.7 Å². The van der Waals surface area contributed by atoms with E-state index in [9.17, 15) is 14.9 Å². The molecule has 0 saturated carbocycles. The molecule has 22 heavy (non-hydrogen) atoms. The monoisotopic (exact) mass is 318 g/mol. The van der Waals surface area contributed by atoms with Crippen molar-refractivity contribution in [3.63, 3.8) is 0 Å². The molecular formula is C16H15ClN2O3. The lowest BCUT2D eigenvalue weighted by atomic mass is 10.0. The first-order valence-electron chi connectivity index (χ1n) is 6.62. The van der Waals surface area contributed by atoms with E-state index < -0.39 is 4.92 Å². The van der Waals surface area contributed by atoms with Crippen molar-refractivity contribution in [1.29, 1.82) is 0 Å². The van der Waals surface area contributed by atoms with Crippen LogP contribution in [0.3, 0.4) is 0 Å². The summed E-state index contributed by atoms with van der Waals surface area (Å²) in [5.74, 6) is -0.344. The van der Waals surface area contributed by atoms with Crippen molar-refractivity contribution in [2.24, 2.45) is 0 Å². The second-order valence-corrected chi connectivity index (χ2v) is 5.53. The van der Waals surface area contributed by atoms with Crippen LogP contribution < -0.4 is 5.32 Å². The minimum Gasteiger partial charge on any atom is -0.320 e. The first-order valence-corrected chi connectivity index (χ1v) is 7.00. The molecule has 0 fully saturated rings. The number of anilines is 1. The summed E-state index contributed by atoms with van der Waals surface area (Å²) in [6.45, 7) is 5.74. The second-order valence-electron chi connectivity index (χ2n) is 5.13. The third kappa shape index (κ3) is 3.26. The second kappa shape index (κ2) is 6.15. The van der Waals surface area contributed by atoms with E-state index in [-0.39, 0.29) is 22.3 Å². The summed E-state index contributed by atoms with van der Waals surface area (Å²) < 4.78 is 0. The van der Waals surface area contributed by atoms with Gasteiger partial charge in [0.15, 0.2) is 0 Å². The Kier molecular flexibility index (Phi) is 4.47. The van der Waals surface area contributed by atoms with Gasteiger partial charge in [-0.3, -0.25) is 14.9 Å². The van der Waals surface area contributed by atoms with Gasteiger partial charge in [0, 0.05) is 17.7 Å². The number of non-ortho nitro benzene ring substituents is 1. The quantitative estimate of drug-likeness (QED) is 0.672.